The first-order valence-corrected chi connectivity index (χ1v) is 9.54. The summed E-state index contributed by atoms with van der Waals surface area (Å²) in [4.78, 5) is 19.1. The van der Waals surface area contributed by atoms with Crippen LogP contribution in [0.1, 0.15) is 19.5 Å². The number of nitrogens with one attached hydrogen (secondary N) is 3. The average Bonchev–Trinajstić information content (AvgIpc) is 2.62. The van der Waals surface area contributed by atoms with Gasteiger partial charge in [0.1, 0.15) is 0 Å². The first kappa shape index (κ1) is 18.1. The van der Waals surface area contributed by atoms with Gasteiger partial charge in [0, 0.05) is 28.9 Å². The zero-order chi connectivity index (χ0) is 18.4. The van der Waals surface area contributed by atoms with Gasteiger partial charge in [-0.15, -0.1) is 0 Å². The molecule has 0 radical (unpaired) electrons. The van der Waals surface area contributed by atoms with E-state index in [9.17, 15) is 4.79 Å². The Morgan fingerprint density at radius 2 is 1.58 bits per heavy atom. The predicted molar refractivity (Wildman–Crippen MR) is 111 cm³/mol. The lowest BCUT2D eigenvalue weighted by molar-refractivity contribution is 1.05. The van der Waals surface area contributed by atoms with E-state index in [0.717, 1.165) is 28.5 Å². The molecular weight excluding hydrogens is 344 g/mol. The summed E-state index contributed by atoms with van der Waals surface area (Å²) in [6.07, 6.45) is 0. The molecule has 0 saturated heterocycles. The van der Waals surface area contributed by atoms with Gasteiger partial charge in [0.2, 0.25) is 5.95 Å². The molecule has 2 aromatic carbocycles. The smallest absolute Gasteiger partial charge is 0.252 e. The Bertz CT molecular complexity index is 892. The third-order valence-corrected chi connectivity index (χ3v) is 4.70. The summed E-state index contributed by atoms with van der Waals surface area (Å²) in [6, 6.07) is 19.4. The second-order valence-electron chi connectivity index (χ2n) is 6.14. The maximum Gasteiger partial charge on any atom is 0.252 e. The van der Waals surface area contributed by atoms with Crippen LogP contribution in [0.2, 0.25) is 0 Å². The van der Waals surface area contributed by atoms with E-state index < -0.39 is 0 Å². The molecule has 134 valence electrons. The molecule has 0 atom stereocenters. The number of nitrogens with zero attached hydrogens (tertiary/aromatic N) is 1. The molecule has 0 saturated carbocycles. The summed E-state index contributed by atoms with van der Waals surface area (Å²) in [7, 11) is 0. The molecule has 3 aromatic rings. The number of para-hydroxylation sites is 1. The van der Waals surface area contributed by atoms with Crippen molar-refractivity contribution in [1.82, 2.24) is 9.97 Å². The topological polar surface area (TPSA) is 69.8 Å². The second-order valence-corrected chi connectivity index (χ2v) is 7.70. The molecule has 1 heterocycles. The summed E-state index contributed by atoms with van der Waals surface area (Å²) in [6.45, 7) is 4.25. The summed E-state index contributed by atoms with van der Waals surface area (Å²) < 4.78 is 0. The van der Waals surface area contributed by atoms with Crippen molar-refractivity contribution < 1.29 is 0 Å². The van der Waals surface area contributed by atoms with E-state index in [0.29, 0.717) is 11.2 Å². The van der Waals surface area contributed by atoms with Gasteiger partial charge in [-0.05, 0) is 41.6 Å². The molecule has 0 aliphatic heterocycles. The maximum absolute atomic E-state index is 11.8. The second kappa shape index (κ2) is 8.58. The number of benzene rings is 2. The molecule has 6 heteroatoms. The molecule has 3 rings (SSSR count). The van der Waals surface area contributed by atoms with Crippen LogP contribution in [0, 0.1) is 0 Å². The van der Waals surface area contributed by atoms with E-state index in [1.165, 1.54) is 0 Å². The first-order chi connectivity index (χ1) is 12.6. The van der Waals surface area contributed by atoms with Gasteiger partial charge >= 0.3 is 0 Å². The number of H-pyrrole nitrogens is 1. The zero-order valence-corrected chi connectivity index (χ0v) is 15.6. The van der Waals surface area contributed by atoms with Gasteiger partial charge in [-0.1, -0.05) is 32.0 Å². The molecule has 0 spiro atoms. The van der Waals surface area contributed by atoms with Crippen LogP contribution in [-0.2, 0) is 5.75 Å². The quantitative estimate of drug-likeness (QED) is 0.555. The highest BCUT2D eigenvalue weighted by atomic mass is 32.2. The molecule has 26 heavy (non-hydrogen) atoms. The normalized spacial score (nSPS) is 10.7. The van der Waals surface area contributed by atoms with Gasteiger partial charge in [-0.3, -0.25) is 9.78 Å². The zero-order valence-electron chi connectivity index (χ0n) is 14.8. The fraction of sp³-hybridized carbons (Fsp3) is 0.200. The molecule has 0 amide bonds. The molecule has 0 aliphatic carbocycles. The van der Waals surface area contributed by atoms with Crippen molar-refractivity contribution in [3.8, 4) is 0 Å². The Morgan fingerprint density at radius 1 is 0.962 bits per heavy atom. The third kappa shape index (κ3) is 5.39. The van der Waals surface area contributed by atoms with Gasteiger partial charge < -0.3 is 10.6 Å². The Hall–Kier alpha value is -2.73. The summed E-state index contributed by atoms with van der Waals surface area (Å²) >= 11 is 1.76. The molecule has 3 N–H and O–H groups in total. The number of thioether (sulfide) groups is 1. The Balaban J connectivity index is 1.68. The van der Waals surface area contributed by atoms with Gasteiger partial charge in [0.15, 0.2) is 0 Å². The first-order valence-electron chi connectivity index (χ1n) is 8.49. The SMILES string of the molecule is CC(C)SCc1cc(=O)[nH]c(Nc2ccc(Nc3ccccc3)cc2)n1. The highest BCUT2D eigenvalue weighted by molar-refractivity contribution is 7.99. The van der Waals surface area contributed by atoms with Crippen molar-refractivity contribution in [2.24, 2.45) is 0 Å². The van der Waals surface area contributed by atoms with E-state index in [1.54, 1.807) is 17.8 Å². The van der Waals surface area contributed by atoms with Gasteiger partial charge in [-0.2, -0.15) is 11.8 Å². The minimum atomic E-state index is -0.149. The van der Waals surface area contributed by atoms with E-state index in [2.05, 4.69) is 34.4 Å². The fourth-order valence-corrected chi connectivity index (χ4v) is 3.01. The maximum atomic E-state index is 11.8. The lowest BCUT2D eigenvalue weighted by Crippen LogP contribution is -2.12. The van der Waals surface area contributed by atoms with Gasteiger partial charge in [0.25, 0.3) is 5.56 Å². The largest absolute Gasteiger partial charge is 0.356 e. The molecule has 0 bridgehead atoms. The van der Waals surface area contributed by atoms with Crippen LogP contribution < -0.4 is 16.2 Å². The van der Waals surface area contributed by atoms with Crippen molar-refractivity contribution in [1.29, 1.82) is 0 Å². The number of hydrogen-bond acceptors (Lipinski definition) is 5. The van der Waals surface area contributed by atoms with Crippen LogP contribution in [-0.4, -0.2) is 15.2 Å². The van der Waals surface area contributed by atoms with Crippen molar-refractivity contribution in [3.63, 3.8) is 0 Å². The van der Waals surface area contributed by atoms with E-state index in [1.807, 2.05) is 54.6 Å². The molecular formula is C20H22N4OS. The highest BCUT2D eigenvalue weighted by Gasteiger charge is 2.04. The Morgan fingerprint density at radius 3 is 2.23 bits per heavy atom. The standard InChI is InChI=1S/C20H22N4OS/c1-14(2)26-13-18-12-19(25)24-20(23-18)22-17-10-8-16(9-11-17)21-15-6-4-3-5-7-15/h3-12,14,21H,13H2,1-2H3,(H2,22,23,24,25). The molecule has 0 unspecified atom stereocenters. The van der Waals surface area contributed by atoms with E-state index in [4.69, 9.17) is 0 Å². The third-order valence-electron chi connectivity index (χ3n) is 3.57. The van der Waals surface area contributed by atoms with E-state index in [-0.39, 0.29) is 5.56 Å². The Labute approximate surface area is 157 Å². The fourth-order valence-electron chi connectivity index (χ4n) is 2.35. The molecule has 5 nitrogen and oxygen atoms in total. The van der Waals surface area contributed by atoms with Crippen LogP contribution >= 0.6 is 11.8 Å². The minimum absolute atomic E-state index is 0.149. The van der Waals surface area contributed by atoms with Crippen molar-refractivity contribution >= 4 is 34.8 Å². The lowest BCUT2D eigenvalue weighted by Gasteiger charge is -2.10. The minimum Gasteiger partial charge on any atom is -0.356 e. The number of rotatable bonds is 7. The molecule has 1 aromatic heterocycles. The summed E-state index contributed by atoms with van der Waals surface area (Å²) in [5, 5.41) is 6.99. The van der Waals surface area contributed by atoms with Crippen molar-refractivity contribution in [2.75, 3.05) is 10.6 Å². The predicted octanol–water partition coefficient (Wildman–Crippen LogP) is 4.90. The van der Waals surface area contributed by atoms with Crippen LogP contribution in [0.4, 0.5) is 23.0 Å². The monoisotopic (exact) mass is 366 g/mol. The van der Waals surface area contributed by atoms with Crippen molar-refractivity contribution in [3.05, 3.63) is 76.7 Å². The Kier molecular flexibility index (Phi) is 5.96. The summed E-state index contributed by atoms with van der Waals surface area (Å²) in [5.74, 6) is 1.18. The number of aromatic amines is 1. The number of hydrogen-bond donors (Lipinski definition) is 3. The number of anilines is 4. The van der Waals surface area contributed by atoms with Crippen molar-refractivity contribution in [2.45, 2.75) is 24.9 Å². The van der Waals surface area contributed by atoms with Crippen LogP contribution in [0.3, 0.4) is 0 Å². The molecule has 0 fully saturated rings. The van der Waals surface area contributed by atoms with E-state index >= 15 is 0 Å². The van der Waals surface area contributed by atoms with Crippen LogP contribution in [0.5, 0.6) is 0 Å². The van der Waals surface area contributed by atoms with Gasteiger partial charge in [0.05, 0.1) is 5.69 Å². The van der Waals surface area contributed by atoms with Crippen LogP contribution in [0.25, 0.3) is 0 Å². The number of aromatic nitrogens is 2. The van der Waals surface area contributed by atoms with Crippen LogP contribution in [0.15, 0.2) is 65.5 Å². The lowest BCUT2D eigenvalue weighted by atomic mass is 10.2. The summed E-state index contributed by atoms with van der Waals surface area (Å²) in [5.41, 5.74) is 3.52. The average molecular weight is 366 g/mol. The van der Waals surface area contributed by atoms with Gasteiger partial charge in [-0.25, -0.2) is 4.98 Å². The molecule has 0 aliphatic rings. The highest BCUT2D eigenvalue weighted by Crippen LogP contribution is 2.20.